The summed E-state index contributed by atoms with van der Waals surface area (Å²) in [5.41, 5.74) is 4.93. The molecule has 0 aliphatic heterocycles. The highest BCUT2D eigenvalue weighted by atomic mass is 35.5. The minimum Gasteiger partial charge on any atom is -0.352 e. The molecule has 2 aromatic rings. The number of aromatic nitrogens is 1. The van der Waals surface area contributed by atoms with Crippen molar-refractivity contribution in [2.75, 3.05) is 0 Å². The van der Waals surface area contributed by atoms with Gasteiger partial charge in [0, 0.05) is 23.5 Å². The van der Waals surface area contributed by atoms with Gasteiger partial charge in [-0.2, -0.15) is 5.26 Å². The lowest BCUT2D eigenvalue weighted by Crippen LogP contribution is -1.92. The average Bonchev–Trinajstić information content (AvgIpc) is 2.65. The van der Waals surface area contributed by atoms with E-state index in [0.29, 0.717) is 10.6 Å². The molecule has 0 unspecified atom stereocenters. The van der Waals surface area contributed by atoms with E-state index in [4.69, 9.17) is 11.6 Å². The summed E-state index contributed by atoms with van der Waals surface area (Å²) in [5, 5.41) is 9.99. The topological polar surface area (TPSA) is 28.7 Å². The van der Waals surface area contributed by atoms with E-state index < -0.39 is 0 Å². The predicted molar refractivity (Wildman–Crippen MR) is 79.8 cm³/mol. The third kappa shape index (κ3) is 2.72. The number of nitriles is 1. The molecule has 3 heteroatoms. The van der Waals surface area contributed by atoms with Crippen LogP contribution in [0.4, 0.5) is 0 Å². The van der Waals surface area contributed by atoms with Crippen LogP contribution < -0.4 is 0 Å². The number of benzene rings is 1. The fourth-order valence-electron chi connectivity index (χ4n) is 2.00. The molecule has 0 N–H and O–H groups in total. The van der Waals surface area contributed by atoms with Crippen LogP contribution in [0.5, 0.6) is 0 Å². The number of allylic oxidation sites excluding steroid dienone is 1. The van der Waals surface area contributed by atoms with Gasteiger partial charge < -0.3 is 4.57 Å². The predicted octanol–water partition coefficient (Wildman–Crippen LogP) is 4.36. The van der Waals surface area contributed by atoms with Gasteiger partial charge in [-0.1, -0.05) is 23.7 Å². The molecule has 0 saturated carbocycles. The molecule has 19 heavy (non-hydrogen) atoms. The molecule has 0 spiro atoms. The lowest BCUT2D eigenvalue weighted by atomic mass is 10.0. The Morgan fingerprint density at radius 3 is 2.37 bits per heavy atom. The van der Waals surface area contributed by atoms with E-state index in [2.05, 4.69) is 30.6 Å². The van der Waals surface area contributed by atoms with Crippen molar-refractivity contribution in [2.45, 2.75) is 13.8 Å². The van der Waals surface area contributed by atoms with Gasteiger partial charge in [-0.25, -0.2) is 0 Å². The molecular weight excluding hydrogens is 256 g/mol. The fraction of sp³-hybridized carbons (Fsp3) is 0.188. The average molecular weight is 271 g/mol. The van der Waals surface area contributed by atoms with E-state index in [1.165, 1.54) is 5.69 Å². The van der Waals surface area contributed by atoms with E-state index >= 15 is 0 Å². The molecule has 96 valence electrons. The maximum Gasteiger partial charge on any atom is 0.0998 e. The molecular formula is C16H15ClN2. The number of hydrogen-bond acceptors (Lipinski definition) is 1. The number of halogens is 1. The number of hydrogen-bond donors (Lipinski definition) is 0. The monoisotopic (exact) mass is 270 g/mol. The summed E-state index contributed by atoms with van der Waals surface area (Å²) in [6.45, 7) is 4.11. The molecule has 1 aromatic carbocycles. The zero-order valence-corrected chi connectivity index (χ0v) is 12.0. The molecule has 0 bridgehead atoms. The third-order valence-corrected chi connectivity index (χ3v) is 3.64. The molecule has 1 heterocycles. The summed E-state index contributed by atoms with van der Waals surface area (Å²) in [6, 6.07) is 11.7. The Hall–Kier alpha value is -1.98. The molecule has 0 radical (unpaired) electrons. The van der Waals surface area contributed by atoms with Crippen molar-refractivity contribution in [2.24, 2.45) is 7.05 Å². The lowest BCUT2D eigenvalue weighted by molar-refractivity contribution is 0.843. The van der Waals surface area contributed by atoms with Crippen molar-refractivity contribution in [1.29, 1.82) is 5.26 Å². The second-order valence-electron chi connectivity index (χ2n) is 4.56. The minimum absolute atomic E-state index is 0.644. The molecule has 0 amide bonds. The second kappa shape index (κ2) is 5.34. The van der Waals surface area contributed by atoms with Crippen molar-refractivity contribution >= 4 is 23.3 Å². The van der Waals surface area contributed by atoms with Gasteiger partial charge in [-0.3, -0.25) is 0 Å². The van der Waals surface area contributed by atoms with Crippen LogP contribution in [-0.2, 0) is 7.05 Å². The van der Waals surface area contributed by atoms with E-state index in [-0.39, 0.29) is 0 Å². The van der Waals surface area contributed by atoms with Crippen molar-refractivity contribution < 1.29 is 0 Å². The van der Waals surface area contributed by atoms with E-state index in [0.717, 1.165) is 16.8 Å². The van der Waals surface area contributed by atoms with Gasteiger partial charge in [-0.05, 0) is 49.2 Å². The summed E-state index contributed by atoms with van der Waals surface area (Å²) in [6.07, 6.45) is 1.92. The van der Waals surface area contributed by atoms with Crippen LogP contribution in [-0.4, -0.2) is 4.57 Å². The maximum absolute atomic E-state index is 9.32. The van der Waals surface area contributed by atoms with Crippen LogP contribution in [0.2, 0.25) is 5.02 Å². The SMILES string of the molecule is Cc1cc(C=C(C#N)c2ccc(Cl)cc2)c(C)n1C. The standard InChI is InChI=1S/C16H15ClN2/c1-11-8-14(12(2)19(11)3)9-15(10-18)13-4-6-16(17)7-5-13/h4-9H,1-3H3. The zero-order chi connectivity index (χ0) is 14.0. The van der Waals surface area contributed by atoms with E-state index in [9.17, 15) is 5.26 Å². The summed E-state index contributed by atoms with van der Waals surface area (Å²) in [7, 11) is 2.02. The smallest absolute Gasteiger partial charge is 0.0998 e. The first-order valence-electron chi connectivity index (χ1n) is 6.03. The van der Waals surface area contributed by atoms with Gasteiger partial charge in [0.15, 0.2) is 0 Å². The van der Waals surface area contributed by atoms with Crippen molar-refractivity contribution in [3.63, 3.8) is 0 Å². The van der Waals surface area contributed by atoms with Gasteiger partial charge in [0.25, 0.3) is 0 Å². The first-order valence-corrected chi connectivity index (χ1v) is 6.41. The number of nitrogens with zero attached hydrogens (tertiary/aromatic N) is 2. The fourth-order valence-corrected chi connectivity index (χ4v) is 2.12. The first kappa shape index (κ1) is 13.5. The largest absolute Gasteiger partial charge is 0.352 e. The lowest BCUT2D eigenvalue weighted by Gasteiger charge is -2.01. The van der Waals surface area contributed by atoms with Gasteiger partial charge in [-0.15, -0.1) is 0 Å². The summed E-state index contributed by atoms with van der Waals surface area (Å²) in [5.74, 6) is 0. The molecule has 0 aliphatic carbocycles. The van der Waals surface area contributed by atoms with Crippen LogP contribution >= 0.6 is 11.6 Å². The van der Waals surface area contributed by atoms with Gasteiger partial charge >= 0.3 is 0 Å². The highest BCUT2D eigenvalue weighted by Crippen LogP contribution is 2.22. The summed E-state index contributed by atoms with van der Waals surface area (Å²) in [4.78, 5) is 0. The van der Waals surface area contributed by atoms with Gasteiger partial charge in [0.2, 0.25) is 0 Å². The molecule has 1 aromatic heterocycles. The molecule has 0 aliphatic rings. The van der Waals surface area contributed by atoms with Crippen molar-refractivity contribution in [3.8, 4) is 6.07 Å². The Balaban J connectivity index is 2.47. The number of rotatable bonds is 2. The van der Waals surface area contributed by atoms with Crippen LogP contribution in [0.15, 0.2) is 30.3 Å². The van der Waals surface area contributed by atoms with Crippen LogP contribution in [0, 0.1) is 25.2 Å². The van der Waals surface area contributed by atoms with Crippen molar-refractivity contribution in [3.05, 3.63) is 57.9 Å². The Morgan fingerprint density at radius 2 is 1.89 bits per heavy atom. The van der Waals surface area contributed by atoms with E-state index in [1.807, 2.05) is 25.3 Å². The molecule has 2 rings (SSSR count). The van der Waals surface area contributed by atoms with Crippen LogP contribution in [0.1, 0.15) is 22.5 Å². The Labute approximate surface area is 118 Å². The Kier molecular flexibility index (Phi) is 3.78. The van der Waals surface area contributed by atoms with Gasteiger partial charge in [0.1, 0.15) is 0 Å². The Bertz CT molecular complexity index is 670. The van der Waals surface area contributed by atoms with Gasteiger partial charge in [0.05, 0.1) is 11.6 Å². The highest BCUT2D eigenvalue weighted by molar-refractivity contribution is 6.30. The van der Waals surface area contributed by atoms with Crippen molar-refractivity contribution in [1.82, 2.24) is 4.57 Å². The summed E-state index contributed by atoms with van der Waals surface area (Å²) < 4.78 is 2.11. The van der Waals surface area contributed by atoms with Crippen LogP contribution in [0.25, 0.3) is 11.6 Å². The molecule has 2 nitrogen and oxygen atoms in total. The molecule has 0 saturated heterocycles. The maximum atomic E-state index is 9.32. The Morgan fingerprint density at radius 1 is 1.26 bits per heavy atom. The molecule has 0 atom stereocenters. The zero-order valence-electron chi connectivity index (χ0n) is 11.2. The number of aryl methyl sites for hydroxylation is 1. The third-order valence-electron chi connectivity index (χ3n) is 3.39. The van der Waals surface area contributed by atoms with Crippen LogP contribution in [0.3, 0.4) is 0 Å². The molecule has 0 fully saturated rings. The van der Waals surface area contributed by atoms with E-state index in [1.54, 1.807) is 12.1 Å². The second-order valence-corrected chi connectivity index (χ2v) is 5.00. The quantitative estimate of drug-likeness (QED) is 0.746. The minimum atomic E-state index is 0.644. The first-order chi connectivity index (χ1) is 9.02. The highest BCUT2D eigenvalue weighted by Gasteiger charge is 2.06. The normalized spacial score (nSPS) is 11.4. The summed E-state index contributed by atoms with van der Waals surface area (Å²) >= 11 is 5.86.